The Morgan fingerprint density at radius 3 is 2.57 bits per heavy atom. The number of aryl methyl sites for hydroxylation is 1. The van der Waals surface area contributed by atoms with Gasteiger partial charge < -0.3 is 15.7 Å². The second kappa shape index (κ2) is 7.22. The van der Waals surface area contributed by atoms with Crippen LogP contribution in [-0.4, -0.2) is 28.6 Å². The zero-order valence-electron chi connectivity index (χ0n) is 11.8. The van der Waals surface area contributed by atoms with Gasteiger partial charge in [0.2, 0.25) is 0 Å². The summed E-state index contributed by atoms with van der Waals surface area (Å²) in [6.45, 7) is 3.37. The van der Waals surface area contributed by atoms with E-state index in [1.807, 2.05) is 0 Å². The number of nitro benzene ring substituents is 1. The van der Waals surface area contributed by atoms with Crippen molar-refractivity contribution in [1.29, 1.82) is 0 Å². The van der Waals surface area contributed by atoms with E-state index in [0.29, 0.717) is 17.7 Å². The van der Waals surface area contributed by atoms with Crippen LogP contribution < -0.4 is 10.6 Å². The molecule has 1 atom stereocenters. The third kappa shape index (κ3) is 4.75. The molecule has 0 aliphatic heterocycles. The number of anilines is 1. The van der Waals surface area contributed by atoms with Crippen LogP contribution in [0.2, 0.25) is 0 Å². The maximum atomic E-state index is 11.7. The fourth-order valence-electron chi connectivity index (χ4n) is 1.69. The molecule has 0 saturated carbocycles. The van der Waals surface area contributed by atoms with Crippen LogP contribution in [0.1, 0.15) is 18.9 Å². The van der Waals surface area contributed by atoms with Crippen molar-refractivity contribution in [3.63, 3.8) is 0 Å². The van der Waals surface area contributed by atoms with E-state index >= 15 is 0 Å². The number of carboxylic acid groups (broad SMARTS) is 1. The summed E-state index contributed by atoms with van der Waals surface area (Å²) in [5, 5.41) is 24.5. The Labute approximate surface area is 121 Å². The van der Waals surface area contributed by atoms with E-state index in [-0.39, 0.29) is 12.2 Å². The van der Waals surface area contributed by atoms with Crippen molar-refractivity contribution in [3.05, 3.63) is 33.9 Å². The Morgan fingerprint density at radius 2 is 2.10 bits per heavy atom. The second-order valence-electron chi connectivity index (χ2n) is 4.53. The fraction of sp³-hybridized carbons (Fsp3) is 0.385. The van der Waals surface area contributed by atoms with Gasteiger partial charge in [-0.15, -0.1) is 0 Å². The number of hydrogen-bond acceptors (Lipinski definition) is 4. The van der Waals surface area contributed by atoms with Crippen molar-refractivity contribution in [1.82, 2.24) is 5.32 Å². The van der Waals surface area contributed by atoms with Gasteiger partial charge in [-0.2, -0.15) is 0 Å². The number of nitrogens with zero attached hydrogens (tertiary/aromatic N) is 1. The molecular formula is C13H17N3O5. The normalized spacial score (nSPS) is 11.5. The van der Waals surface area contributed by atoms with E-state index < -0.39 is 22.8 Å². The van der Waals surface area contributed by atoms with Gasteiger partial charge in [-0.3, -0.25) is 14.9 Å². The predicted molar refractivity (Wildman–Crippen MR) is 76.3 cm³/mol. The van der Waals surface area contributed by atoms with Gasteiger partial charge in [-0.25, -0.2) is 4.79 Å². The fourth-order valence-corrected chi connectivity index (χ4v) is 1.69. The Bertz CT molecular complexity index is 559. The molecule has 0 aliphatic rings. The number of rotatable bonds is 6. The number of carboxylic acids is 1. The summed E-state index contributed by atoms with van der Waals surface area (Å²) in [5.41, 5.74) is 0.918. The molecule has 8 nitrogen and oxygen atoms in total. The molecule has 1 unspecified atom stereocenters. The number of hydrogen-bond donors (Lipinski definition) is 3. The first-order valence-corrected chi connectivity index (χ1v) is 6.37. The molecule has 0 bridgehead atoms. The van der Waals surface area contributed by atoms with E-state index in [1.54, 1.807) is 13.8 Å². The molecule has 1 rings (SSSR count). The molecule has 114 valence electrons. The lowest BCUT2D eigenvalue weighted by Crippen LogP contribution is -2.35. The summed E-state index contributed by atoms with van der Waals surface area (Å²) in [6.07, 6.45) is 0.409. The van der Waals surface area contributed by atoms with Crippen molar-refractivity contribution in [2.24, 2.45) is 5.92 Å². The standard InChI is InChI=1S/C13H17N3O5/c1-3-9(12(17)18)7-14-13(19)15-11-5-4-10(16(20)21)6-8(11)2/h4-6,9H,3,7H2,1-2H3,(H,17,18)(H2,14,15,19). The smallest absolute Gasteiger partial charge is 0.319 e. The van der Waals surface area contributed by atoms with Gasteiger partial charge in [-0.05, 0) is 25.0 Å². The minimum atomic E-state index is -0.968. The van der Waals surface area contributed by atoms with Gasteiger partial charge in [0.25, 0.3) is 5.69 Å². The summed E-state index contributed by atoms with van der Waals surface area (Å²) in [4.78, 5) is 32.6. The maximum Gasteiger partial charge on any atom is 0.319 e. The Kier molecular flexibility index (Phi) is 5.65. The first kappa shape index (κ1) is 16.4. The van der Waals surface area contributed by atoms with E-state index in [4.69, 9.17) is 5.11 Å². The molecular weight excluding hydrogens is 278 g/mol. The van der Waals surface area contributed by atoms with Crippen LogP contribution in [0.3, 0.4) is 0 Å². The number of non-ortho nitro benzene ring substituents is 1. The Morgan fingerprint density at radius 1 is 1.43 bits per heavy atom. The molecule has 0 fully saturated rings. The number of benzene rings is 1. The molecule has 0 heterocycles. The largest absolute Gasteiger partial charge is 0.481 e. The number of carbonyl (C=O) groups is 2. The molecule has 3 N–H and O–H groups in total. The SMILES string of the molecule is CCC(CNC(=O)Nc1ccc([N+](=O)[O-])cc1C)C(=O)O. The first-order valence-electron chi connectivity index (χ1n) is 6.37. The molecule has 0 spiro atoms. The van der Waals surface area contributed by atoms with E-state index in [0.717, 1.165) is 0 Å². The topological polar surface area (TPSA) is 122 Å². The third-order valence-electron chi connectivity index (χ3n) is 3.02. The first-order chi connectivity index (χ1) is 9.85. The number of nitro groups is 1. The highest BCUT2D eigenvalue weighted by atomic mass is 16.6. The summed E-state index contributed by atoms with van der Waals surface area (Å²) in [6, 6.07) is 3.52. The summed E-state index contributed by atoms with van der Waals surface area (Å²) >= 11 is 0. The molecule has 1 aromatic carbocycles. The minimum absolute atomic E-state index is 0.0176. The van der Waals surface area contributed by atoms with Gasteiger partial charge in [-0.1, -0.05) is 6.92 Å². The highest BCUT2D eigenvalue weighted by Gasteiger charge is 2.16. The summed E-state index contributed by atoms with van der Waals surface area (Å²) in [7, 11) is 0. The molecule has 0 saturated heterocycles. The van der Waals surface area contributed by atoms with Crippen LogP contribution >= 0.6 is 0 Å². The predicted octanol–water partition coefficient (Wildman–Crippen LogP) is 2.14. The van der Waals surface area contributed by atoms with Gasteiger partial charge >= 0.3 is 12.0 Å². The Hall–Kier alpha value is -2.64. The number of aliphatic carboxylic acids is 1. The highest BCUT2D eigenvalue weighted by Crippen LogP contribution is 2.20. The van der Waals surface area contributed by atoms with Gasteiger partial charge in [0.15, 0.2) is 0 Å². The zero-order valence-corrected chi connectivity index (χ0v) is 11.8. The molecule has 8 heteroatoms. The van der Waals surface area contributed by atoms with Crippen molar-refractivity contribution in [2.45, 2.75) is 20.3 Å². The van der Waals surface area contributed by atoms with Crippen molar-refractivity contribution < 1.29 is 19.6 Å². The minimum Gasteiger partial charge on any atom is -0.481 e. The molecule has 21 heavy (non-hydrogen) atoms. The van der Waals surface area contributed by atoms with Crippen LogP contribution in [0.5, 0.6) is 0 Å². The van der Waals surface area contributed by atoms with E-state index in [1.165, 1.54) is 18.2 Å². The molecule has 0 aliphatic carbocycles. The maximum absolute atomic E-state index is 11.7. The van der Waals surface area contributed by atoms with Crippen molar-refractivity contribution in [2.75, 3.05) is 11.9 Å². The van der Waals surface area contributed by atoms with Crippen LogP contribution in [0.4, 0.5) is 16.2 Å². The third-order valence-corrected chi connectivity index (χ3v) is 3.02. The van der Waals surface area contributed by atoms with Crippen LogP contribution in [0, 0.1) is 23.0 Å². The molecule has 2 amide bonds. The summed E-state index contributed by atoms with van der Waals surface area (Å²) < 4.78 is 0. The molecule has 1 aromatic rings. The van der Waals surface area contributed by atoms with Crippen LogP contribution in [-0.2, 0) is 4.79 Å². The van der Waals surface area contributed by atoms with Gasteiger partial charge in [0.1, 0.15) is 0 Å². The second-order valence-corrected chi connectivity index (χ2v) is 4.53. The lowest BCUT2D eigenvalue weighted by Gasteiger charge is -2.13. The van der Waals surface area contributed by atoms with Crippen LogP contribution in [0.15, 0.2) is 18.2 Å². The van der Waals surface area contributed by atoms with Gasteiger partial charge in [0.05, 0.1) is 10.8 Å². The average Bonchev–Trinajstić information content (AvgIpc) is 2.41. The molecule has 0 aromatic heterocycles. The number of nitrogens with one attached hydrogen (secondary N) is 2. The highest BCUT2D eigenvalue weighted by molar-refractivity contribution is 5.90. The molecule has 0 radical (unpaired) electrons. The lowest BCUT2D eigenvalue weighted by atomic mass is 10.1. The van der Waals surface area contributed by atoms with E-state index in [2.05, 4.69) is 10.6 Å². The monoisotopic (exact) mass is 295 g/mol. The zero-order chi connectivity index (χ0) is 16.0. The van der Waals surface area contributed by atoms with Crippen LogP contribution in [0.25, 0.3) is 0 Å². The van der Waals surface area contributed by atoms with Crippen molar-refractivity contribution in [3.8, 4) is 0 Å². The quantitative estimate of drug-likeness (QED) is 0.548. The number of urea groups is 1. The summed E-state index contributed by atoms with van der Waals surface area (Å²) in [5.74, 6) is -1.61. The van der Waals surface area contributed by atoms with Gasteiger partial charge in [0, 0.05) is 24.4 Å². The average molecular weight is 295 g/mol. The lowest BCUT2D eigenvalue weighted by molar-refractivity contribution is -0.384. The van der Waals surface area contributed by atoms with Crippen molar-refractivity contribution >= 4 is 23.4 Å². The number of amides is 2. The van der Waals surface area contributed by atoms with E-state index in [9.17, 15) is 19.7 Å². The number of carbonyl (C=O) groups excluding carboxylic acids is 1. The Balaban J connectivity index is 2.63.